The SMILES string of the molecule is CCCCCCC/C=C\C/C=C\CCCCCCCCCCCCCCCC(=O)OC(COC(=O)CCCCCCCCCCCCCCCCCCCCCCCCCCCCCCCC)COP(=O)([O-])OCC[N+](C)(C)C. The first-order valence-electron chi connectivity index (χ1n) is 34.5. The molecule has 0 aliphatic carbocycles. The minimum absolute atomic E-state index is 0.0278. The fraction of sp³-hybridized carbons (Fsp3) is 0.913. The number of phosphoric ester groups is 1. The van der Waals surface area contributed by atoms with E-state index in [-0.39, 0.29) is 32.0 Å². The molecular weight excluding hydrogens is 1000 g/mol. The van der Waals surface area contributed by atoms with Gasteiger partial charge >= 0.3 is 11.9 Å². The van der Waals surface area contributed by atoms with Gasteiger partial charge in [0.15, 0.2) is 6.10 Å². The van der Waals surface area contributed by atoms with Crippen LogP contribution in [0, 0.1) is 0 Å². The number of allylic oxidation sites excluding steroid dienone is 4. The molecule has 2 atom stereocenters. The second-order valence-corrected chi connectivity index (χ2v) is 26.3. The molecule has 79 heavy (non-hydrogen) atoms. The Hall–Kier alpha value is -1.51. The minimum atomic E-state index is -4.64. The third-order valence-corrected chi connectivity index (χ3v) is 16.7. The van der Waals surface area contributed by atoms with E-state index in [0.29, 0.717) is 17.4 Å². The Labute approximate surface area is 491 Å². The predicted octanol–water partition coefficient (Wildman–Crippen LogP) is 21.5. The van der Waals surface area contributed by atoms with Gasteiger partial charge in [-0.25, -0.2) is 0 Å². The highest BCUT2D eigenvalue weighted by Gasteiger charge is 2.22. The average molecular weight is 1140 g/mol. The molecule has 0 bridgehead atoms. The zero-order valence-electron chi connectivity index (χ0n) is 53.4. The summed E-state index contributed by atoms with van der Waals surface area (Å²) in [4.78, 5) is 38.0. The van der Waals surface area contributed by atoms with Gasteiger partial charge in [-0.2, -0.15) is 0 Å². The molecule has 0 aliphatic rings. The monoisotopic (exact) mass is 1140 g/mol. The van der Waals surface area contributed by atoms with E-state index in [1.165, 1.54) is 276 Å². The highest BCUT2D eigenvalue weighted by atomic mass is 31.2. The highest BCUT2D eigenvalue weighted by Crippen LogP contribution is 2.38. The van der Waals surface area contributed by atoms with E-state index < -0.39 is 26.5 Å². The molecule has 0 spiro atoms. The largest absolute Gasteiger partial charge is 0.756 e. The maximum absolute atomic E-state index is 12.8. The lowest BCUT2D eigenvalue weighted by atomic mass is 10.0. The number of phosphoric acid groups is 1. The number of esters is 2. The molecule has 468 valence electrons. The summed E-state index contributed by atoms with van der Waals surface area (Å²) in [7, 11) is 1.19. The van der Waals surface area contributed by atoms with Gasteiger partial charge in [-0.05, 0) is 44.9 Å². The van der Waals surface area contributed by atoms with Crippen molar-refractivity contribution in [2.45, 2.75) is 360 Å². The molecule has 2 unspecified atom stereocenters. The van der Waals surface area contributed by atoms with Gasteiger partial charge in [0, 0.05) is 12.8 Å². The third-order valence-electron chi connectivity index (χ3n) is 15.7. The Morgan fingerprint density at radius 2 is 0.684 bits per heavy atom. The lowest BCUT2D eigenvalue weighted by molar-refractivity contribution is -0.870. The molecule has 10 heteroatoms. The summed E-state index contributed by atoms with van der Waals surface area (Å²) in [6.07, 6.45) is 75.5. The summed E-state index contributed by atoms with van der Waals surface area (Å²) < 4.78 is 34.3. The normalized spacial score (nSPS) is 13.2. The minimum Gasteiger partial charge on any atom is -0.756 e. The van der Waals surface area contributed by atoms with Crippen molar-refractivity contribution < 1.29 is 42.1 Å². The number of ether oxygens (including phenoxy) is 2. The molecule has 0 aromatic rings. The van der Waals surface area contributed by atoms with Gasteiger partial charge in [-0.1, -0.05) is 321 Å². The van der Waals surface area contributed by atoms with E-state index in [1.807, 2.05) is 21.1 Å². The van der Waals surface area contributed by atoms with Crippen LogP contribution < -0.4 is 4.89 Å². The second kappa shape index (κ2) is 61.1. The molecule has 0 aromatic carbocycles. The number of hydrogen-bond donors (Lipinski definition) is 0. The summed E-state index contributed by atoms with van der Waals surface area (Å²) in [6.45, 7) is 4.30. The summed E-state index contributed by atoms with van der Waals surface area (Å²) in [5.74, 6) is -0.812. The van der Waals surface area contributed by atoms with Crippen LogP contribution in [0.1, 0.15) is 354 Å². The predicted molar refractivity (Wildman–Crippen MR) is 338 cm³/mol. The van der Waals surface area contributed by atoms with Crippen LogP contribution in [0.3, 0.4) is 0 Å². The summed E-state index contributed by atoms with van der Waals surface area (Å²) in [6, 6.07) is 0. The van der Waals surface area contributed by atoms with E-state index in [4.69, 9.17) is 18.5 Å². The molecule has 0 heterocycles. The van der Waals surface area contributed by atoms with Gasteiger partial charge in [0.1, 0.15) is 19.8 Å². The van der Waals surface area contributed by atoms with Crippen LogP contribution in [0.15, 0.2) is 24.3 Å². The molecule has 0 radical (unpaired) electrons. The van der Waals surface area contributed by atoms with Crippen LogP contribution in [0.2, 0.25) is 0 Å². The molecule has 0 rings (SSSR count). The number of carbonyl (C=O) groups is 2. The first kappa shape index (κ1) is 77.5. The zero-order valence-corrected chi connectivity index (χ0v) is 54.2. The molecular formula is C69H134NO8P. The number of carbonyl (C=O) groups excluding carboxylic acids is 2. The topological polar surface area (TPSA) is 111 Å². The lowest BCUT2D eigenvalue weighted by Crippen LogP contribution is -2.37. The quantitative estimate of drug-likeness (QED) is 0.0195. The number of hydrogen-bond acceptors (Lipinski definition) is 8. The number of rotatable bonds is 65. The number of quaternary nitrogens is 1. The van der Waals surface area contributed by atoms with E-state index in [9.17, 15) is 19.0 Å². The van der Waals surface area contributed by atoms with Gasteiger partial charge in [0.05, 0.1) is 27.7 Å². The van der Waals surface area contributed by atoms with Crippen LogP contribution in [0.4, 0.5) is 0 Å². The van der Waals surface area contributed by atoms with E-state index >= 15 is 0 Å². The van der Waals surface area contributed by atoms with Crippen molar-refractivity contribution in [1.29, 1.82) is 0 Å². The number of likely N-dealkylation sites (N-methyl/N-ethyl adjacent to an activating group) is 1. The molecule has 0 N–H and O–H groups in total. The molecule has 0 saturated carbocycles. The van der Waals surface area contributed by atoms with E-state index in [2.05, 4.69) is 38.2 Å². The van der Waals surface area contributed by atoms with Gasteiger partial charge < -0.3 is 27.9 Å². The van der Waals surface area contributed by atoms with Gasteiger partial charge in [-0.3, -0.25) is 14.2 Å². The van der Waals surface area contributed by atoms with Gasteiger partial charge in [0.25, 0.3) is 7.82 Å². The highest BCUT2D eigenvalue weighted by molar-refractivity contribution is 7.45. The molecule has 0 saturated heterocycles. The Morgan fingerprint density at radius 3 is 1.00 bits per heavy atom. The van der Waals surface area contributed by atoms with Crippen molar-refractivity contribution >= 4 is 19.8 Å². The van der Waals surface area contributed by atoms with Crippen molar-refractivity contribution in [3.8, 4) is 0 Å². The standard InChI is InChI=1S/C69H134NO8P/c1-6-8-10-12-14-16-18-20-22-24-26-28-30-32-33-34-35-36-38-39-41-43-45-47-49-51-53-55-57-59-61-68(71)75-65-67(66-77-79(73,74)76-64-63-70(3,4)5)78-69(72)62-60-58-56-54-52-50-48-46-44-42-40-37-31-29-27-25-23-21-19-17-15-13-11-9-7-2/h19,21,25,27,67H,6-18,20,22-24,26,28-66H2,1-5H3/b21-19-,27-25-. The van der Waals surface area contributed by atoms with Crippen molar-refractivity contribution in [3.05, 3.63) is 24.3 Å². The summed E-state index contributed by atoms with van der Waals surface area (Å²) >= 11 is 0. The van der Waals surface area contributed by atoms with Gasteiger partial charge in [-0.15, -0.1) is 0 Å². The van der Waals surface area contributed by atoms with Crippen LogP contribution >= 0.6 is 7.82 Å². The zero-order chi connectivity index (χ0) is 57.7. The lowest BCUT2D eigenvalue weighted by Gasteiger charge is -2.28. The van der Waals surface area contributed by atoms with Crippen molar-refractivity contribution in [3.63, 3.8) is 0 Å². The van der Waals surface area contributed by atoms with Crippen LogP contribution in [0.5, 0.6) is 0 Å². The van der Waals surface area contributed by atoms with Crippen LogP contribution in [-0.2, 0) is 32.7 Å². The first-order chi connectivity index (χ1) is 38.5. The van der Waals surface area contributed by atoms with E-state index in [0.717, 1.165) is 44.9 Å². The maximum Gasteiger partial charge on any atom is 0.306 e. The Balaban J connectivity index is 4.00. The molecule has 9 nitrogen and oxygen atoms in total. The van der Waals surface area contributed by atoms with Crippen LogP contribution in [-0.4, -0.2) is 70.0 Å². The Morgan fingerprint density at radius 1 is 0.392 bits per heavy atom. The molecule has 0 aromatic heterocycles. The molecule has 0 fully saturated rings. The summed E-state index contributed by atoms with van der Waals surface area (Å²) in [5, 5.41) is 0. The van der Waals surface area contributed by atoms with Crippen molar-refractivity contribution in [2.75, 3.05) is 47.5 Å². The third kappa shape index (κ3) is 65.5. The summed E-state index contributed by atoms with van der Waals surface area (Å²) in [5.41, 5.74) is 0. The Bertz CT molecular complexity index is 1380. The Kier molecular flexibility index (Phi) is 59.9. The molecule has 0 amide bonds. The first-order valence-corrected chi connectivity index (χ1v) is 36.0. The fourth-order valence-corrected chi connectivity index (χ4v) is 11.1. The van der Waals surface area contributed by atoms with E-state index in [1.54, 1.807) is 0 Å². The van der Waals surface area contributed by atoms with Gasteiger partial charge in [0.2, 0.25) is 0 Å². The van der Waals surface area contributed by atoms with Crippen molar-refractivity contribution in [2.24, 2.45) is 0 Å². The number of nitrogens with zero attached hydrogens (tertiary/aromatic N) is 1. The smallest absolute Gasteiger partial charge is 0.306 e. The fourth-order valence-electron chi connectivity index (χ4n) is 10.4. The molecule has 0 aliphatic heterocycles. The average Bonchev–Trinajstić information content (AvgIpc) is 3.41. The second-order valence-electron chi connectivity index (χ2n) is 24.9. The van der Waals surface area contributed by atoms with Crippen molar-refractivity contribution in [1.82, 2.24) is 0 Å². The van der Waals surface area contributed by atoms with Crippen LogP contribution in [0.25, 0.3) is 0 Å². The number of unbranched alkanes of at least 4 members (excludes halogenated alkanes) is 47. The maximum atomic E-state index is 12.8.